The van der Waals surface area contributed by atoms with Gasteiger partial charge in [0.1, 0.15) is 5.82 Å². The highest BCUT2D eigenvalue weighted by atomic mass is 16.5. The molecule has 0 fully saturated rings. The van der Waals surface area contributed by atoms with Crippen molar-refractivity contribution in [3.05, 3.63) is 30.4 Å². The number of carbonyl (C=O) groups is 1. The van der Waals surface area contributed by atoms with E-state index in [-0.39, 0.29) is 5.97 Å². The third-order valence-electron chi connectivity index (χ3n) is 2.73. The SMILES string of the molecule is CCOC(=O)/C=C/CN1CCn2ccnc2C1. The van der Waals surface area contributed by atoms with E-state index in [1.165, 1.54) is 6.08 Å². The van der Waals surface area contributed by atoms with Gasteiger partial charge in [0, 0.05) is 38.1 Å². The van der Waals surface area contributed by atoms with E-state index in [1.807, 2.05) is 18.5 Å². The molecule has 0 aromatic carbocycles. The molecule has 0 aliphatic carbocycles. The molecule has 2 heterocycles. The summed E-state index contributed by atoms with van der Waals surface area (Å²) in [5.74, 6) is 0.812. The highest BCUT2D eigenvalue weighted by Gasteiger charge is 2.14. The fourth-order valence-corrected chi connectivity index (χ4v) is 1.87. The minimum atomic E-state index is -0.272. The van der Waals surface area contributed by atoms with Gasteiger partial charge in [-0.15, -0.1) is 0 Å². The summed E-state index contributed by atoms with van der Waals surface area (Å²) in [6, 6.07) is 0. The summed E-state index contributed by atoms with van der Waals surface area (Å²) in [7, 11) is 0. The Morgan fingerprint density at radius 3 is 3.29 bits per heavy atom. The van der Waals surface area contributed by atoms with Gasteiger partial charge in [-0.3, -0.25) is 4.90 Å². The maximum absolute atomic E-state index is 11.1. The van der Waals surface area contributed by atoms with Crippen molar-refractivity contribution in [1.29, 1.82) is 0 Å². The normalized spacial score (nSPS) is 16.1. The quantitative estimate of drug-likeness (QED) is 0.572. The monoisotopic (exact) mass is 235 g/mol. The fraction of sp³-hybridized carbons (Fsp3) is 0.500. The third kappa shape index (κ3) is 3.17. The average Bonchev–Trinajstić information content (AvgIpc) is 2.76. The Bertz CT molecular complexity index is 412. The van der Waals surface area contributed by atoms with Crippen molar-refractivity contribution in [2.24, 2.45) is 0 Å². The first-order valence-corrected chi connectivity index (χ1v) is 5.85. The number of hydrogen-bond acceptors (Lipinski definition) is 4. The zero-order valence-corrected chi connectivity index (χ0v) is 10.0. The first kappa shape index (κ1) is 11.9. The van der Waals surface area contributed by atoms with Crippen molar-refractivity contribution in [3.63, 3.8) is 0 Å². The highest BCUT2D eigenvalue weighted by molar-refractivity contribution is 5.81. The molecule has 0 atom stereocenters. The zero-order chi connectivity index (χ0) is 12.1. The van der Waals surface area contributed by atoms with E-state index in [0.29, 0.717) is 6.61 Å². The topological polar surface area (TPSA) is 47.4 Å². The second-order valence-corrected chi connectivity index (χ2v) is 3.93. The summed E-state index contributed by atoms with van der Waals surface area (Å²) < 4.78 is 6.97. The molecule has 5 nitrogen and oxygen atoms in total. The van der Waals surface area contributed by atoms with E-state index in [4.69, 9.17) is 4.74 Å². The molecule has 1 aromatic heterocycles. The van der Waals surface area contributed by atoms with E-state index < -0.39 is 0 Å². The van der Waals surface area contributed by atoms with Crippen LogP contribution < -0.4 is 0 Å². The van der Waals surface area contributed by atoms with Crippen LogP contribution in [0.15, 0.2) is 24.5 Å². The molecule has 0 spiro atoms. The number of fused-ring (bicyclic) bond motifs is 1. The number of hydrogen-bond donors (Lipinski definition) is 0. The van der Waals surface area contributed by atoms with Crippen LogP contribution in [0, 0.1) is 0 Å². The number of ether oxygens (including phenoxy) is 1. The van der Waals surface area contributed by atoms with Gasteiger partial charge in [0.25, 0.3) is 0 Å². The van der Waals surface area contributed by atoms with E-state index in [9.17, 15) is 4.79 Å². The smallest absolute Gasteiger partial charge is 0.330 e. The second-order valence-electron chi connectivity index (χ2n) is 3.93. The van der Waals surface area contributed by atoms with Crippen LogP contribution >= 0.6 is 0 Å². The van der Waals surface area contributed by atoms with Crippen LogP contribution in [0.25, 0.3) is 0 Å². The van der Waals surface area contributed by atoms with Crippen molar-refractivity contribution in [3.8, 4) is 0 Å². The van der Waals surface area contributed by atoms with Crippen LogP contribution in [0.2, 0.25) is 0 Å². The van der Waals surface area contributed by atoms with Crippen LogP contribution in [0.3, 0.4) is 0 Å². The molecular formula is C12H17N3O2. The maximum Gasteiger partial charge on any atom is 0.330 e. The van der Waals surface area contributed by atoms with Crippen molar-refractivity contribution in [2.45, 2.75) is 20.0 Å². The summed E-state index contributed by atoms with van der Waals surface area (Å²) in [6.07, 6.45) is 7.16. The molecular weight excluding hydrogens is 218 g/mol. The molecule has 0 radical (unpaired) electrons. The Balaban J connectivity index is 1.80. The van der Waals surface area contributed by atoms with Crippen LogP contribution in [0.5, 0.6) is 0 Å². The molecule has 0 N–H and O–H groups in total. The standard InChI is InChI=1S/C12H17N3O2/c1-2-17-12(16)4-3-6-14-8-9-15-7-5-13-11(15)10-14/h3-5,7H,2,6,8-10H2,1H3/b4-3+. The summed E-state index contributed by atoms with van der Waals surface area (Å²) in [5, 5.41) is 0. The summed E-state index contributed by atoms with van der Waals surface area (Å²) in [6.45, 7) is 5.76. The third-order valence-corrected chi connectivity index (χ3v) is 2.73. The Hall–Kier alpha value is -1.62. The van der Waals surface area contributed by atoms with Gasteiger partial charge < -0.3 is 9.30 Å². The predicted molar refractivity (Wildman–Crippen MR) is 63.3 cm³/mol. The Kier molecular flexibility index (Phi) is 3.93. The van der Waals surface area contributed by atoms with Crippen molar-refractivity contribution < 1.29 is 9.53 Å². The number of nitrogens with zero attached hydrogens (tertiary/aromatic N) is 3. The minimum absolute atomic E-state index is 0.272. The lowest BCUT2D eigenvalue weighted by Crippen LogP contribution is -2.33. The molecule has 0 saturated heterocycles. The van der Waals surface area contributed by atoms with E-state index in [0.717, 1.165) is 32.0 Å². The number of carbonyl (C=O) groups excluding carboxylic acids is 1. The Morgan fingerprint density at radius 1 is 1.59 bits per heavy atom. The van der Waals surface area contributed by atoms with Crippen LogP contribution in [-0.2, 0) is 22.6 Å². The molecule has 0 amide bonds. The van der Waals surface area contributed by atoms with E-state index >= 15 is 0 Å². The highest BCUT2D eigenvalue weighted by Crippen LogP contribution is 2.09. The molecule has 92 valence electrons. The van der Waals surface area contributed by atoms with E-state index in [2.05, 4.69) is 14.5 Å². The minimum Gasteiger partial charge on any atom is -0.463 e. The van der Waals surface area contributed by atoms with E-state index in [1.54, 1.807) is 6.92 Å². The first-order valence-electron chi connectivity index (χ1n) is 5.85. The van der Waals surface area contributed by atoms with Gasteiger partial charge >= 0.3 is 5.97 Å². The molecule has 1 aromatic rings. The summed E-state index contributed by atoms with van der Waals surface area (Å²) in [5.41, 5.74) is 0. The molecule has 0 unspecified atom stereocenters. The van der Waals surface area contributed by atoms with Crippen molar-refractivity contribution in [2.75, 3.05) is 19.7 Å². The maximum atomic E-state index is 11.1. The average molecular weight is 235 g/mol. The van der Waals surface area contributed by atoms with Gasteiger partial charge in [-0.05, 0) is 6.92 Å². The predicted octanol–water partition coefficient (Wildman–Crippen LogP) is 0.818. The van der Waals surface area contributed by atoms with Gasteiger partial charge in [0.15, 0.2) is 0 Å². The first-order chi connectivity index (χ1) is 8.29. The molecule has 0 bridgehead atoms. The molecule has 1 aliphatic rings. The van der Waals surface area contributed by atoms with Gasteiger partial charge in [0.05, 0.1) is 13.2 Å². The van der Waals surface area contributed by atoms with Crippen molar-refractivity contribution >= 4 is 5.97 Å². The summed E-state index contributed by atoms with van der Waals surface area (Å²) >= 11 is 0. The number of aromatic nitrogens is 2. The molecule has 1 aliphatic heterocycles. The lowest BCUT2D eigenvalue weighted by atomic mass is 10.3. The fourth-order valence-electron chi connectivity index (χ4n) is 1.87. The molecule has 2 rings (SSSR count). The van der Waals surface area contributed by atoms with Gasteiger partial charge in [-0.1, -0.05) is 6.08 Å². The molecule has 0 saturated carbocycles. The Labute approximate surface area is 101 Å². The number of imidazole rings is 1. The summed E-state index contributed by atoms with van der Waals surface area (Å²) in [4.78, 5) is 17.6. The molecule has 17 heavy (non-hydrogen) atoms. The van der Waals surface area contributed by atoms with Gasteiger partial charge in [-0.25, -0.2) is 9.78 Å². The van der Waals surface area contributed by atoms with Crippen LogP contribution in [0.1, 0.15) is 12.7 Å². The molecule has 5 heteroatoms. The second kappa shape index (κ2) is 5.63. The van der Waals surface area contributed by atoms with Gasteiger partial charge in [0.2, 0.25) is 0 Å². The van der Waals surface area contributed by atoms with Gasteiger partial charge in [-0.2, -0.15) is 0 Å². The lowest BCUT2D eigenvalue weighted by Gasteiger charge is -2.26. The largest absolute Gasteiger partial charge is 0.463 e. The van der Waals surface area contributed by atoms with Crippen LogP contribution in [0.4, 0.5) is 0 Å². The number of rotatable bonds is 4. The zero-order valence-electron chi connectivity index (χ0n) is 10.0. The lowest BCUT2D eigenvalue weighted by molar-refractivity contribution is -0.137. The Morgan fingerprint density at radius 2 is 2.47 bits per heavy atom. The van der Waals surface area contributed by atoms with Crippen LogP contribution in [-0.4, -0.2) is 40.1 Å². The number of esters is 1. The van der Waals surface area contributed by atoms with Crippen molar-refractivity contribution in [1.82, 2.24) is 14.5 Å².